The molecular weight excluding hydrogens is 358 g/mol. The molecule has 7 heteroatoms. The van der Waals surface area contributed by atoms with Gasteiger partial charge in [-0.3, -0.25) is 14.5 Å². The van der Waals surface area contributed by atoms with Crippen LogP contribution in [0, 0.1) is 0 Å². The van der Waals surface area contributed by atoms with E-state index in [0.29, 0.717) is 19.4 Å². The van der Waals surface area contributed by atoms with Crippen molar-refractivity contribution in [1.82, 2.24) is 15.5 Å². The Morgan fingerprint density at radius 2 is 1.86 bits per heavy atom. The predicted octanol–water partition coefficient (Wildman–Crippen LogP) is 2.17. The summed E-state index contributed by atoms with van der Waals surface area (Å²) < 4.78 is 5.43. The van der Waals surface area contributed by atoms with Crippen LogP contribution in [0.5, 0.6) is 0 Å². The van der Waals surface area contributed by atoms with Gasteiger partial charge in [-0.15, -0.1) is 0 Å². The number of nitrogens with zero attached hydrogens (tertiary/aromatic N) is 1. The summed E-state index contributed by atoms with van der Waals surface area (Å²) in [6, 6.07) is 9.07. The third kappa shape index (κ3) is 3.98. The highest BCUT2D eigenvalue weighted by atomic mass is 16.6. The van der Waals surface area contributed by atoms with E-state index in [1.54, 1.807) is 27.8 Å². The fraction of sp³-hybridized carbons (Fsp3) is 0.571. The molecule has 0 spiro atoms. The maximum Gasteiger partial charge on any atom is 0.410 e. The van der Waals surface area contributed by atoms with Crippen LogP contribution in [-0.4, -0.2) is 53.6 Å². The monoisotopic (exact) mass is 387 g/mol. The first kappa shape index (κ1) is 20.2. The fourth-order valence-corrected chi connectivity index (χ4v) is 3.90. The van der Waals surface area contributed by atoms with Gasteiger partial charge in [0.25, 0.3) is 0 Å². The minimum Gasteiger partial charge on any atom is -0.444 e. The second-order valence-electron chi connectivity index (χ2n) is 8.54. The number of amides is 3. The second-order valence-corrected chi connectivity index (χ2v) is 8.54. The number of hydrogen-bond donors (Lipinski definition) is 2. The standard InChI is InChI=1S/C21H29N3O4/c1-20(2,3)28-19(27)24-12-8-11-16(24)17(25)23-21(18(26)22-4)13-15(21)14-9-6-5-7-10-14/h5-7,9-10,15-16H,8,11-13H2,1-4H3,(H,22,26)(H,23,25)/t15-,16-,21-/m0/s1. The molecular formula is C21H29N3O4. The molecule has 3 rings (SSSR count). The summed E-state index contributed by atoms with van der Waals surface area (Å²) in [4.78, 5) is 39.6. The van der Waals surface area contributed by atoms with Gasteiger partial charge in [0.05, 0.1) is 0 Å². The highest BCUT2D eigenvalue weighted by Gasteiger charge is 2.62. The van der Waals surface area contributed by atoms with Crippen LogP contribution in [0.3, 0.4) is 0 Å². The molecule has 3 amide bonds. The topological polar surface area (TPSA) is 87.7 Å². The van der Waals surface area contributed by atoms with E-state index >= 15 is 0 Å². The predicted molar refractivity (Wildman–Crippen MR) is 105 cm³/mol. The molecule has 2 fully saturated rings. The molecule has 0 unspecified atom stereocenters. The molecule has 2 N–H and O–H groups in total. The van der Waals surface area contributed by atoms with Crippen molar-refractivity contribution in [2.75, 3.05) is 13.6 Å². The van der Waals surface area contributed by atoms with Crippen molar-refractivity contribution in [2.24, 2.45) is 0 Å². The quantitative estimate of drug-likeness (QED) is 0.829. The Balaban J connectivity index is 1.74. The normalized spacial score (nSPS) is 26.5. The molecule has 2 aliphatic rings. The molecule has 1 aliphatic carbocycles. The molecule has 1 saturated carbocycles. The third-order valence-corrected chi connectivity index (χ3v) is 5.32. The summed E-state index contributed by atoms with van der Waals surface area (Å²) in [5, 5.41) is 5.63. The van der Waals surface area contributed by atoms with Crippen LogP contribution in [0.2, 0.25) is 0 Å². The first-order valence-electron chi connectivity index (χ1n) is 9.77. The maximum absolute atomic E-state index is 13.0. The van der Waals surface area contributed by atoms with Crippen molar-refractivity contribution in [2.45, 2.75) is 63.1 Å². The summed E-state index contributed by atoms with van der Waals surface area (Å²) in [5.41, 5.74) is -0.573. The summed E-state index contributed by atoms with van der Waals surface area (Å²) in [6.45, 7) is 5.87. The summed E-state index contributed by atoms with van der Waals surface area (Å²) in [5.74, 6) is -0.587. The number of hydrogen-bond acceptors (Lipinski definition) is 4. The summed E-state index contributed by atoms with van der Waals surface area (Å²) in [7, 11) is 1.57. The number of carbonyl (C=O) groups excluding carboxylic acids is 3. The molecule has 0 bridgehead atoms. The first-order chi connectivity index (χ1) is 13.2. The Kier molecular flexibility index (Phi) is 5.37. The Labute approximate surface area is 165 Å². The number of likely N-dealkylation sites (N-methyl/N-ethyl adjacent to an activating group) is 1. The van der Waals surface area contributed by atoms with Crippen LogP contribution >= 0.6 is 0 Å². The molecule has 1 saturated heterocycles. The van der Waals surface area contributed by atoms with Gasteiger partial charge in [0.2, 0.25) is 11.8 Å². The average Bonchev–Trinajstić information content (AvgIpc) is 3.14. The fourth-order valence-electron chi connectivity index (χ4n) is 3.90. The second kappa shape index (κ2) is 7.45. The molecule has 1 aromatic rings. The highest BCUT2D eigenvalue weighted by Crippen LogP contribution is 2.51. The molecule has 3 atom stereocenters. The zero-order valence-electron chi connectivity index (χ0n) is 17.0. The average molecular weight is 387 g/mol. The van der Waals surface area contributed by atoms with E-state index < -0.39 is 23.3 Å². The number of nitrogens with one attached hydrogen (secondary N) is 2. The Bertz CT molecular complexity index is 759. The summed E-state index contributed by atoms with van der Waals surface area (Å²) in [6.07, 6.45) is 1.34. The minimum atomic E-state index is -0.963. The summed E-state index contributed by atoms with van der Waals surface area (Å²) >= 11 is 0. The van der Waals surface area contributed by atoms with E-state index in [1.807, 2.05) is 30.3 Å². The third-order valence-electron chi connectivity index (χ3n) is 5.32. The lowest BCUT2D eigenvalue weighted by Crippen LogP contribution is -2.55. The number of rotatable bonds is 4. The number of ether oxygens (including phenoxy) is 1. The van der Waals surface area contributed by atoms with Crippen LogP contribution in [0.25, 0.3) is 0 Å². The maximum atomic E-state index is 13.0. The number of carbonyl (C=O) groups is 3. The Morgan fingerprint density at radius 3 is 2.46 bits per heavy atom. The smallest absolute Gasteiger partial charge is 0.410 e. The van der Waals surface area contributed by atoms with Crippen molar-refractivity contribution >= 4 is 17.9 Å². The van der Waals surface area contributed by atoms with Gasteiger partial charge in [-0.25, -0.2) is 4.79 Å². The van der Waals surface area contributed by atoms with Gasteiger partial charge in [0.1, 0.15) is 17.2 Å². The molecule has 7 nitrogen and oxygen atoms in total. The molecule has 152 valence electrons. The van der Waals surface area contributed by atoms with E-state index in [1.165, 1.54) is 4.90 Å². The van der Waals surface area contributed by atoms with Crippen molar-refractivity contribution in [3.8, 4) is 0 Å². The van der Waals surface area contributed by atoms with Gasteiger partial charge in [-0.05, 0) is 45.6 Å². The van der Waals surface area contributed by atoms with Gasteiger partial charge >= 0.3 is 6.09 Å². The van der Waals surface area contributed by atoms with Crippen molar-refractivity contribution in [3.63, 3.8) is 0 Å². The molecule has 1 aliphatic heterocycles. The number of likely N-dealkylation sites (tertiary alicyclic amines) is 1. The number of benzene rings is 1. The first-order valence-corrected chi connectivity index (χ1v) is 9.77. The van der Waals surface area contributed by atoms with Gasteiger partial charge < -0.3 is 15.4 Å². The van der Waals surface area contributed by atoms with Crippen LogP contribution < -0.4 is 10.6 Å². The van der Waals surface area contributed by atoms with Crippen molar-refractivity contribution < 1.29 is 19.1 Å². The Morgan fingerprint density at radius 1 is 1.18 bits per heavy atom. The largest absolute Gasteiger partial charge is 0.444 e. The minimum absolute atomic E-state index is 0.0750. The van der Waals surface area contributed by atoms with Crippen molar-refractivity contribution in [3.05, 3.63) is 35.9 Å². The molecule has 0 radical (unpaired) electrons. The van der Waals surface area contributed by atoms with Gasteiger partial charge in [0, 0.05) is 19.5 Å². The van der Waals surface area contributed by atoms with E-state index in [4.69, 9.17) is 4.74 Å². The SMILES string of the molecule is CNC(=O)[C@]1(NC(=O)[C@@H]2CCCN2C(=O)OC(C)(C)C)C[C@H]1c1ccccc1. The van der Waals surface area contributed by atoms with E-state index in [-0.39, 0.29) is 17.7 Å². The highest BCUT2D eigenvalue weighted by molar-refractivity contribution is 5.98. The van der Waals surface area contributed by atoms with Crippen molar-refractivity contribution in [1.29, 1.82) is 0 Å². The lowest BCUT2D eigenvalue weighted by Gasteiger charge is -2.29. The van der Waals surface area contributed by atoms with Gasteiger partial charge in [0.15, 0.2) is 0 Å². The molecule has 0 aromatic heterocycles. The lowest BCUT2D eigenvalue weighted by molar-refractivity contribution is -0.132. The molecule has 1 aromatic carbocycles. The molecule has 1 heterocycles. The van der Waals surface area contributed by atoms with Crippen LogP contribution in [0.1, 0.15) is 51.5 Å². The Hall–Kier alpha value is -2.57. The van der Waals surface area contributed by atoms with Crippen LogP contribution in [-0.2, 0) is 14.3 Å². The molecule has 28 heavy (non-hydrogen) atoms. The zero-order valence-corrected chi connectivity index (χ0v) is 17.0. The zero-order chi connectivity index (χ0) is 20.5. The van der Waals surface area contributed by atoms with Crippen LogP contribution in [0.15, 0.2) is 30.3 Å². The van der Waals surface area contributed by atoms with E-state index in [0.717, 1.165) is 12.0 Å². The van der Waals surface area contributed by atoms with Gasteiger partial charge in [-0.2, -0.15) is 0 Å². The van der Waals surface area contributed by atoms with Gasteiger partial charge in [-0.1, -0.05) is 30.3 Å². The lowest BCUT2D eigenvalue weighted by atomic mass is 10.0. The van der Waals surface area contributed by atoms with E-state index in [2.05, 4.69) is 10.6 Å². The van der Waals surface area contributed by atoms with Crippen LogP contribution in [0.4, 0.5) is 4.79 Å². The van der Waals surface area contributed by atoms with E-state index in [9.17, 15) is 14.4 Å².